The van der Waals surface area contributed by atoms with E-state index in [9.17, 15) is 0 Å². The molecule has 1 aromatic carbocycles. The van der Waals surface area contributed by atoms with Crippen molar-refractivity contribution >= 4 is 29.0 Å². The molecule has 19 heavy (non-hydrogen) atoms. The van der Waals surface area contributed by atoms with Gasteiger partial charge in [0.2, 0.25) is 0 Å². The van der Waals surface area contributed by atoms with Gasteiger partial charge < -0.3 is 10.5 Å². The van der Waals surface area contributed by atoms with Crippen molar-refractivity contribution in [2.75, 3.05) is 26.0 Å². The van der Waals surface area contributed by atoms with Crippen LogP contribution in [0.4, 0.5) is 0 Å². The predicted molar refractivity (Wildman–Crippen MR) is 86.1 cm³/mol. The molecule has 1 atom stereocenters. The highest BCUT2D eigenvalue weighted by atomic mass is 32.2. The SMILES string of the molecule is COc1cc(CN2CCSC(C)C2)ccc1C(N)=S. The van der Waals surface area contributed by atoms with Gasteiger partial charge >= 0.3 is 0 Å². The monoisotopic (exact) mass is 296 g/mol. The van der Waals surface area contributed by atoms with Crippen LogP contribution >= 0.6 is 24.0 Å². The lowest BCUT2D eigenvalue weighted by Gasteiger charge is -2.30. The molecule has 0 aromatic heterocycles. The first-order valence-electron chi connectivity index (χ1n) is 6.41. The van der Waals surface area contributed by atoms with Crippen LogP contribution in [0.1, 0.15) is 18.1 Å². The van der Waals surface area contributed by atoms with Gasteiger partial charge in [-0.15, -0.1) is 0 Å². The molecule has 0 radical (unpaired) electrons. The molecular formula is C14H20N2OS2. The van der Waals surface area contributed by atoms with E-state index < -0.39 is 0 Å². The number of benzene rings is 1. The number of nitrogens with two attached hydrogens (primary N) is 1. The third-order valence-electron chi connectivity index (χ3n) is 3.26. The molecule has 1 aliphatic heterocycles. The second kappa shape index (κ2) is 6.59. The Kier molecular flexibility index (Phi) is 5.07. The third-order valence-corrected chi connectivity index (χ3v) is 4.62. The lowest BCUT2D eigenvalue weighted by molar-refractivity contribution is 0.278. The number of thiocarbonyl (C=S) groups is 1. The highest BCUT2D eigenvalue weighted by Crippen LogP contribution is 2.23. The van der Waals surface area contributed by atoms with Crippen molar-refractivity contribution in [2.24, 2.45) is 5.73 Å². The summed E-state index contributed by atoms with van der Waals surface area (Å²) in [7, 11) is 1.65. The van der Waals surface area contributed by atoms with Crippen LogP contribution in [-0.2, 0) is 6.54 Å². The number of ether oxygens (including phenoxy) is 1. The first kappa shape index (κ1) is 14.6. The van der Waals surface area contributed by atoms with E-state index in [1.165, 1.54) is 11.3 Å². The Labute approximate surface area is 124 Å². The summed E-state index contributed by atoms with van der Waals surface area (Å²) in [5.41, 5.74) is 7.74. The largest absolute Gasteiger partial charge is 0.496 e. The van der Waals surface area contributed by atoms with Gasteiger partial charge in [0.25, 0.3) is 0 Å². The summed E-state index contributed by atoms with van der Waals surface area (Å²) in [4.78, 5) is 2.86. The zero-order valence-electron chi connectivity index (χ0n) is 11.4. The maximum Gasteiger partial charge on any atom is 0.129 e. The minimum Gasteiger partial charge on any atom is -0.496 e. The molecule has 2 N–H and O–H groups in total. The van der Waals surface area contributed by atoms with Gasteiger partial charge in [-0.2, -0.15) is 11.8 Å². The molecule has 1 aliphatic rings. The first-order chi connectivity index (χ1) is 9.10. The average Bonchev–Trinajstić information content (AvgIpc) is 2.38. The molecule has 0 amide bonds. The van der Waals surface area contributed by atoms with Crippen molar-refractivity contribution < 1.29 is 4.74 Å². The van der Waals surface area contributed by atoms with Crippen molar-refractivity contribution in [1.82, 2.24) is 4.90 Å². The molecule has 5 heteroatoms. The Morgan fingerprint density at radius 3 is 3.00 bits per heavy atom. The standard InChI is InChI=1S/C14H20N2OS2/c1-10-8-16(5-6-19-10)9-11-3-4-12(14(15)18)13(7-11)17-2/h3-4,7,10H,5-6,8-9H2,1-2H3,(H2,15,18). The van der Waals surface area contributed by atoms with Gasteiger partial charge in [-0.25, -0.2) is 0 Å². The predicted octanol–water partition coefficient (Wildman–Crippen LogP) is 2.27. The Bertz CT molecular complexity index is 465. The molecule has 1 heterocycles. The molecule has 3 nitrogen and oxygen atoms in total. The lowest BCUT2D eigenvalue weighted by Crippen LogP contribution is -2.36. The molecule has 0 bridgehead atoms. The van der Waals surface area contributed by atoms with E-state index in [1.54, 1.807) is 7.11 Å². The van der Waals surface area contributed by atoms with E-state index in [0.29, 0.717) is 10.2 Å². The summed E-state index contributed by atoms with van der Waals surface area (Å²) in [6.07, 6.45) is 0. The number of nitrogens with zero attached hydrogens (tertiary/aromatic N) is 1. The summed E-state index contributed by atoms with van der Waals surface area (Å²) in [6.45, 7) is 5.53. The maximum atomic E-state index is 5.68. The Hall–Kier alpha value is -0.780. The van der Waals surface area contributed by atoms with Crippen molar-refractivity contribution in [3.8, 4) is 5.75 Å². The first-order valence-corrected chi connectivity index (χ1v) is 7.86. The summed E-state index contributed by atoms with van der Waals surface area (Å²) < 4.78 is 5.37. The maximum absolute atomic E-state index is 5.68. The zero-order valence-corrected chi connectivity index (χ0v) is 13.0. The van der Waals surface area contributed by atoms with E-state index in [0.717, 1.165) is 30.9 Å². The fourth-order valence-electron chi connectivity index (χ4n) is 2.33. The molecule has 0 spiro atoms. The van der Waals surface area contributed by atoms with Crippen molar-refractivity contribution in [3.63, 3.8) is 0 Å². The number of thioether (sulfide) groups is 1. The average molecular weight is 296 g/mol. The van der Waals surface area contributed by atoms with Crippen LogP contribution in [0.25, 0.3) is 0 Å². The van der Waals surface area contributed by atoms with Gasteiger partial charge in [0.15, 0.2) is 0 Å². The Morgan fingerprint density at radius 1 is 1.58 bits per heavy atom. The van der Waals surface area contributed by atoms with Gasteiger partial charge in [-0.3, -0.25) is 4.90 Å². The highest BCUT2D eigenvalue weighted by molar-refractivity contribution is 7.99. The van der Waals surface area contributed by atoms with E-state index in [4.69, 9.17) is 22.7 Å². The number of hydrogen-bond acceptors (Lipinski definition) is 4. The Balaban J connectivity index is 2.10. The van der Waals surface area contributed by atoms with E-state index in [-0.39, 0.29) is 0 Å². The third kappa shape index (κ3) is 3.84. The lowest BCUT2D eigenvalue weighted by atomic mass is 10.1. The van der Waals surface area contributed by atoms with Crippen LogP contribution < -0.4 is 10.5 Å². The molecule has 1 unspecified atom stereocenters. The molecule has 0 aliphatic carbocycles. The number of rotatable bonds is 4. The van der Waals surface area contributed by atoms with Crippen LogP contribution in [0, 0.1) is 0 Å². The summed E-state index contributed by atoms with van der Waals surface area (Å²) >= 11 is 7.07. The van der Waals surface area contributed by atoms with Crippen LogP contribution in [0.2, 0.25) is 0 Å². The normalized spacial score (nSPS) is 20.2. The Morgan fingerprint density at radius 2 is 2.37 bits per heavy atom. The molecule has 1 saturated heterocycles. The second-order valence-electron chi connectivity index (χ2n) is 4.82. The van der Waals surface area contributed by atoms with Crippen LogP contribution in [0.5, 0.6) is 5.75 Å². The van der Waals surface area contributed by atoms with Gasteiger partial charge in [-0.1, -0.05) is 25.2 Å². The van der Waals surface area contributed by atoms with Crippen molar-refractivity contribution in [3.05, 3.63) is 29.3 Å². The summed E-state index contributed by atoms with van der Waals surface area (Å²) in [5.74, 6) is 1.98. The number of methoxy groups -OCH3 is 1. The second-order valence-corrected chi connectivity index (χ2v) is 6.80. The van der Waals surface area contributed by atoms with Crippen LogP contribution in [0.3, 0.4) is 0 Å². The topological polar surface area (TPSA) is 38.5 Å². The van der Waals surface area contributed by atoms with E-state index in [2.05, 4.69) is 17.9 Å². The number of hydrogen-bond donors (Lipinski definition) is 1. The van der Waals surface area contributed by atoms with Gasteiger partial charge in [0.1, 0.15) is 10.7 Å². The van der Waals surface area contributed by atoms with E-state index in [1.807, 2.05) is 23.9 Å². The fraction of sp³-hybridized carbons (Fsp3) is 0.500. The highest BCUT2D eigenvalue weighted by Gasteiger charge is 2.17. The van der Waals surface area contributed by atoms with Crippen molar-refractivity contribution in [1.29, 1.82) is 0 Å². The molecule has 0 saturated carbocycles. The summed E-state index contributed by atoms with van der Waals surface area (Å²) in [5, 5.41) is 0.714. The zero-order chi connectivity index (χ0) is 13.8. The van der Waals surface area contributed by atoms with Gasteiger partial charge in [0.05, 0.1) is 12.7 Å². The molecule has 1 fully saturated rings. The fourth-order valence-corrected chi connectivity index (χ4v) is 3.58. The molecule has 2 rings (SSSR count). The molecule has 104 valence electrons. The van der Waals surface area contributed by atoms with Gasteiger partial charge in [-0.05, 0) is 17.7 Å². The van der Waals surface area contributed by atoms with Crippen LogP contribution in [0.15, 0.2) is 18.2 Å². The van der Waals surface area contributed by atoms with Crippen LogP contribution in [-0.4, -0.2) is 41.1 Å². The quantitative estimate of drug-likeness (QED) is 0.863. The minimum atomic E-state index is 0.381. The van der Waals surface area contributed by atoms with E-state index >= 15 is 0 Å². The van der Waals surface area contributed by atoms with Crippen molar-refractivity contribution in [2.45, 2.75) is 18.7 Å². The smallest absolute Gasteiger partial charge is 0.129 e. The minimum absolute atomic E-state index is 0.381. The molecule has 1 aromatic rings. The summed E-state index contributed by atoms with van der Waals surface area (Å²) in [6, 6.07) is 6.09. The van der Waals surface area contributed by atoms with Gasteiger partial charge in [0, 0.05) is 30.6 Å². The molecular weight excluding hydrogens is 276 g/mol.